The van der Waals surface area contributed by atoms with Crippen LogP contribution in [0.5, 0.6) is 5.75 Å². The average Bonchev–Trinajstić information content (AvgIpc) is 2.85. The van der Waals surface area contributed by atoms with Crippen molar-refractivity contribution in [1.29, 1.82) is 0 Å². The summed E-state index contributed by atoms with van der Waals surface area (Å²) in [6.07, 6.45) is 3.94. The smallest absolute Gasteiger partial charge is 0.142 e. The molecule has 1 N–H and O–H groups in total. The molecular formula is C14H18BrN3O. The lowest BCUT2D eigenvalue weighted by atomic mass is 10.2. The van der Waals surface area contributed by atoms with Gasteiger partial charge in [-0.3, -0.25) is 4.68 Å². The number of nitrogens with zero attached hydrogens (tertiary/aromatic N) is 2. The van der Waals surface area contributed by atoms with E-state index in [4.69, 9.17) is 4.74 Å². The van der Waals surface area contributed by atoms with Gasteiger partial charge < -0.3 is 10.1 Å². The van der Waals surface area contributed by atoms with Crippen LogP contribution in [0.3, 0.4) is 0 Å². The van der Waals surface area contributed by atoms with Gasteiger partial charge in [0.15, 0.2) is 0 Å². The molecule has 0 fully saturated rings. The molecule has 2 aromatic rings. The Labute approximate surface area is 121 Å². The van der Waals surface area contributed by atoms with E-state index < -0.39 is 0 Å². The van der Waals surface area contributed by atoms with Crippen LogP contribution in [0.4, 0.5) is 5.69 Å². The molecule has 0 spiro atoms. The minimum Gasteiger partial charge on any atom is -0.495 e. The number of nitrogens with one attached hydrogen (secondary N) is 1. The quantitative estimate of drug-likeness (QED) is 0.908. The zero-order valence-corrected chi connectivity index (χ0v) is 12.9. The Morgan fingerprint density at radius 2 is 2.21 bits per heavy atom. The fraction of sp³-hybridized carbons (Fsp3) is 0.357. The number of hydrogen-bond donors (Lipinski definition) is 1. The fourth-order valence-corrected chi connectivity index (χ4v) is 2.13. The Balaban J connectivity index is 2.07. The third kappa shape index (κ3) is 3.50. The fourth-order valence-electron chi connectivity index (χ4n) is 1.77. The zero-order valence-electron chi connectivity index (χ0n) is 11.4. The highest BCUT2D eigenvalue weighted by atomic mass is 79.9. The number of halogens is 1. The van der Waals surface area contributed by atoms with Gasteiger partial charge in [0.2, 0.25) is 0 Å². The van der Waals surface area contributed by atoms with Crippen molar-refractivity contribution in [2.24, 2.45) is 0 Å². The van der Waals surface area contributed by atoms with E-state index in [0.717, 1.165) is 28.0 Å². The number of benzene rings is 1. The van der Waals surface area contributed by atoms with E-state index in [1.54, 1.807) is 7.11 Å². The van der Waals surface area contributed by atoms with Gasteiger partial charge in [-0.15, -0.1) is 0 Å². The molecule has 19 heavy (non-hydrogen) atoms. The van der Waals surface area contributed by atoms with Crippen LogP contribution in [0, 0.1) is 0 Å². The van der Waals surface area contributed by atoms with Crippen molar-refractivity contribution >= 4 is 21.6 Å². The maximum atomic E-state index is 5.33. The molecular weight excluding hydrogens is 306 g/mol. The summed E-state index contributed by atoms with van der Waals surface area (Å²) in [5.41, 5.74) is 2.12. The van der Waals surface area contributed by atoms with E-state index in [1.165, 1.54) is 0 Å². The van der Waals surface area contributed by atoms with E-state index in [2.05, 4.69) is 46.4 Å². The minimum atomic E-state index is 0.383. The van der Waals surface area contributed by atoms with Crippen LogP contribution < -0.4 is 10.1 Å². The van der Waals surface area contributed by atoms with Crippen molar-refractivity contribution in [2.45, 2.75) is 26.4 Å². The lowest BCUT2D eigenvalue weighted by Crippen LogP contribution is -2.02. The number of anilines is 1. The van der Waals surface area contributed by atoms with Crippen molar-refractivity contribution in [1.82, 2.24) is 9.78 Å². The van der Waals surface area contributed by atoms with Crippen LogP contribution in [0.15, 0.2) is 35.1 Å². The Morgan fingerprint density at radius 3 is 2.84 bits per heavy atom. The Morgan fingerprint density at radius 1 is 1.42 bits per heavy atom. The first-order chi connectivity index (χ1) is 9.10. The molecule has 2 rings (SSSR count). The van der Waals surface area contributed by atoms with Crippen LogP contribution in [0.2, 0.25) is 0 Å². The van der Waals surface area contributed by atoms with Crippen LogP contribution >= 0.6 is 15.9 Å². The maximum Gasteiger partial charge on any atom is 0.142 e. The van der Waals surface area contributed by atoms with E-state index >= 15 is 0 Å². The van der Waals surface area contributed by atoms with E-state index in [0.29, 0.717) is 6.04 Å². The summed E-state index contributed by atoms with van der Waals surface area (Å²) in [6.45, 7) is 4.95. The summed E-state index contributed by atoms with van der Waals surface area (Å²) >= 11 is 3.46. The number of rotatable bonds is 5. The average molecular weight is 324 g/mol. The Bertz CT molecular complexity index is 551. The molecule has 0 radical (unpaired) electrons. The zero-order chi connectivity index (χ0) is 13.8. The van der Waals surface area contributed by atoms with Crippen LogP contribution in [-0.2, 0) is 6.54 Å². The Kier molecular flexibility index (Phi) is 4.47. The molecule has 1 heterocycles. The summed E-state index contributed by atoms with van der Waals surface area (Å²) in [5, 5.41) is 7.69. The van der Waals surface area contributed by atoms with Crippen molar-refractivity contribution in [2.75, 3.05) is 12.4 Å². The number of aromatic nitrogens is 2. The van der Waals surface area contributed by atoms with Gasteiger partial charge in [-0.25, -0.2) is 0 Å². The molecule has 4 nitrogen and oxygen atoms in total. The molecule has 102 valence electrons. The van der Waals surface area contributed by atoms with E-state index in [-0.39, 0.29) is 0 Å². The monoisotopic (exact) mass is 323 g/mol. The van der Waals surface area contributed by atoms with Gasteiger partial charge in [-0.2, -0.15) is 5.10 Å². The van der Waals surface area contributed by atoms with Crippen molar-refractivity contribution < 1.29 is 4.74 Å². The topological polar surface area (TPSA) is 39.1 Å². The molecule has 0 aliphatic carbocycles. The summed E-state index contributed by atoms with van der Waals surface area (Å²) < 4.78 is 8.30. The van der Waals surface area contributed by atoms with Crippen LogP contribution in [0.25, 0.3) is 0 Å². The predicted octanol–water partition coefficient (Wildman–Crippen LogP) is 3.85. The maximum absolute atomic E-state index is 5.33. The van der Waals surface area contributed by atoms with Crippen molar-refractivity contribution in [3.63, 3.8) is 0 Å². The van der Waals surface area contributed by atoms with Gasteiger partial charge in [-0.05, 0) is 32.0 Å². The Hall–Kier alpha value is -1.49. The normalized spacial score (nSPS) is 10.8. The summed E-state index contributed by atoms with van der Waals surface area (Å²) in [6, 6.07) is 6.28. The lowest BCUT2D eigenvalue weighted by molar-refractivity contribution is 0.416. The molecule has 1 aromatic carbocycles. The van der Waals surface area contributed by atoms with Gasteiger partial charge in [-0.1, -0.05) is 15.9 Å². The molecule has 0 atom stereocenters. The van der Waals surface area contributed by atoms with Crippen molar-refractivity contribution in [3.05, 3.63) is 40.6 Å². The molecule has 1 aromatic heterocycles. The van der Waals surface area contributed by atoms with E-state index in [9.17, 15) is 0 Å². The molecule has 0 unspecified atom stereocenters. The first kappa shape index (κ1) is 13.9. The van der Waals surface area contributed by atoms with Gasteiger partial charge in [0.05, 0.1) is 19.0 Å². The second-order valence-electron chi connectivity index (χ2n) is 4.62. The minimum absolute atomic E-state index is 0.383. The molecule has 0 aliphatic heterocycles. The number of ether oxygens (including phenoxy) is 1. The highest BCUT2D eigenvalue weighted by Gasteiger charge is 2.05. The lowest BCUT2D eigenvalue weighted by Gasteiger charge is -2.10. The third-order valence-electron chi connectivity index (χ3n) is 2.83. The van der Waals surface area contributed by atoms with Gasteiger partial charge in [0, 0.05) is 28.8 Å². The van der Waals surface area contributed by atoms with Gasteiger partial charge >= 0.3 is 0 Å². The molecule has 0 saturated carbocycles. The van der Waals surface area contributed by atoms with Crippen LogP contribution in [0.1, 0.15) is 25.5 Å². The molecule has 0 amide bonds. The summed E-state index contributed by atoms with van der Waals surface area (Å²) in [5.74, 6) is 0.833. The SMILES string of the molecule is COc1ccc(Br)cc1NCc1cnn(C(C)C)c1. The summed E-state index contributed by atoms with van der Waals surface area (Å²) in [7, 11) is 1.67. The van der Waals surface area contributed by atoms with Gasteiger partial charge in [0.25, 0.3) is 0 Å². The predicted molar refractivity (Wildman–Crippen MR) is 80.6 cm³/mol. The van der Waals surface area contributed by atoms with Crippen LogP contribution in [-0.4, -0.2) is 16.9 Å². The number of methoxy groups -OCH3 is 1. The van der Waals surface area contributed by atoms with E-state index in [1.807, 2.05) is 29.1 Å². The first-order valence-corrected chi connectivity index (χ1v) is 7.00. The molecule has 0 aliphatic rings. The number of hydrogen-bond acceptors (Lipinski definition) is 3. The largest absolute Gasteiger partial charge is 0.495 e. The standard InChI is InChI=1S/C14H18BrN3O/c1-10(2)18-9-11(8-17-18)7-16-13-6-12(15)4-5-14(13)19-3/h4-6,8-10,16H,7H2,1-3H3. The highest BCUT2D eigenvalue weighted by molar-refractivity contribution is 9.10. The second kappa shape index (κ2) is 6.10. The first-order valence-electron chi connectivity index (χ1n) is 6.20. The molecule has 0 bridgehead atoms. The second-order valence-corrected chi connectivity index (χ2v) is 5.54. The highest BCUT2D eigenvalue weighted by Crippen LogP contribution is 2.28. The third-order valence-corrected chi connectivity index (χ3v) is 3.32. The van der Waals surface area contributed by atoms with Gasteiger partial charge in [0.1, 0.15) is 5.75 Å². The summed E-state index contributed by atoms with van der Waals surface area (Å²) in [4.78, 5) is 0. The molecule has 5 heteroatoms. The van der Waals surface area contributed by atoms with Crippen molar-refractivity contribution in [3.8, 4) is 5.75 Å². The molecule has 0 saturated heterocycles.